The van der Waals surface area contributed by atoms with Gasteiger partial charge in [0, 0.05) is 11.0 Å². The molecule has 0 radical (unpaired) electrons. The molecule has 0 bridgehead atoms. The molecule has 1 heterocycles. The van der Waals surface area contributed by atoms with Crippen LogP contribution in [0.3, 0.4) is 0 Å². The Kier molecular flexibility index (Phi) is 4.97. The maximum absolute atomic E-state index is 12.9. The second-order valence-electron chi connectivity index (χ2n) is 6.96. The van der Waals surface area contributed by atoms with E-state index in [1.165, 1.54) is 16.8 Å². The zero-order valence-electron chi connectivity index (χ0n) is 14.4. The highest BCUT2D eigenvalue weighted by Gasteiger charge is 2.31. The van der Waals surface area contributed by atoms with Crippen LogP contribution in [0.2, 0.25) is 0 Å². The molecule has 3 nitrogen and oxygen atoms in total. The molecule has 0 saturated carbocycles. The van der Waals surface area contributed by atoms with Crippen LogP contribution in [0.5, 0.6) is 5.88 Å². The van der Waals surface area contributed by atoms with E-state index < -0.39 is 11.7 Å². The van der Waals surface area contributed by atoms with Crippen molar-refractivity contribution in [1.29, 1.82) is 0 Å². The first-order valence-corrected chi connectivity index (χ1v) is 8.04. The van der Waals surface area contributed by atoms with Crippen LogP contribution in [0, 0.1) is 0 Å². The Morgan fingerprint density at radius 3 is 2.38 bits per heavy atom. The fourth-order valence-electron chi connectivity index (χ4n) is 2.62. The first kappa shape index (κ1) is 18.4. The maximum atomic E-state index is 12.9. The van der Waals surface area contributed by atoms with E-state index in [4.69, 9.17) is 0 Å². The summed E-state index contributed by atoms with van der Waals surface area (Å²) >= 11 is 0. The molecule has 0 fully saturated rings. The van der Waals surface area contributed by atoms with E-state index in [1.54, 1.807) is 0 Å². The van der Waals surface area contributed by atoms with Crippen LogP contribution < -0.4 is 0 Å². The number of halogens is 3. The lowest BCUT2D eigenvalue weighted by atomic mass is 9.88. The SMILES string of the molecule is CCCCc1c(C(C)(C)C)nn(-c2cccc(C(F)(F)F)c2)c1O. The Labute approximate surface area is 140 Å². The summed E-state index contributed by atoms with van der Waals surface area (Å²) in [5.41, 5.74) is 0.554. The Bertz CT molecular complexity index is 712. The number of nitrogens with zero attached hydrogens (tertiary/aromatic N) is 2. The fraction of sp³-hybridized carbons (Fsp3) is 0.500. The van der Waals surface area contributed by atoms with Gasteiger partial charge in [-0.1, -0.05) is 40.2 Å². The quantitative estimate of drug-likeness (QED) is 0.827. The van der Waals surface area contributed by atoms with Crippen molar-refractivity contribution in [2.24, 2.45) is 0 Å². The highest BCUT2D eigenvalue weighted by atomic mass is 19.4. The fourth-order valence-corrected chi connectivity index (χ4v) is 2.62. The Morgan fingerprint density at radius 2 is 1.83 bits per heavy atom. The van der Waals surface area contributed by atoms with E-state index >= 15 is 0 Å². The minimum absolute atomic E-state index is 0.0762. The number of alkyl halides is 3. The number of hydrogen-bond donors (Lipinski definition) is 1. The van der Waals surface area contributed by atoms with E-state index in [2.05, 4.69) is 5.10 Å². The highest BCUT2D eigenvalue weighted by molar-refractivity contribution is 5.44. The molecule has 0 unspecified atom stereocenters. The van der Waals surface area contributed by atoms with E-state index in [-0.39, 0.29) is 17.0 Å². The summed E-state index contributed by atoms with van der Waals surface area (Å²) in [4.78, 5) is 0. The predicted octanol–water partition coefficient (Wildman–Crippen LogP) is 5.24. The first-order chi connectivity index (χ1) is 11.1. The normalized spacial score (nSPS) is 12.6. The van der Waals surface area contributed by atoms with E-state index in [0.29, 0.717) is 17.7 Å². The Morgan fingerprint density at radius 1 is 1.17 bits per heavy atom. The molecular weight excluding hydrogens is 317 g/mol. The van der Waals surface area contributed by atoms with E-state index in [9.17, 15) is 18.3 Å². The van der Waals surface area contributed by atoms with Gasteiger partial charge in [0.05, 0.1) is 16.9 Å². The first-order valence-electron chi connectivity index (χ1n) is 8.04. The van der Waals surface area contributed by atoms with Crippen molar-refractivity contribution in [2.75, 3.05) is 0 Å². The van der Waals surface area contributed by atoms with Crippen LogP contribution >= 0.6 is 0 Å². The summed E-state index contributed by atoms with van der Waals surface area (Å²) in [5, 5.41) is 15.0. The van der Waals surface area contributed by atoms with Gasteiger partial charge >= 0.3 is 6.18 Å². The lowest BCUT2D eigenvalue weighted by molar-refractivity contribution is -0.137. The summed E-state index contributed by atoms with van der Waals surface area (Å²) in [6, 6.07) is 4.84. The zero-order valence-corrected chi connectivity index (χ0v) is 14.4. The van der Waals surface area contributed by atoms with Crippen LogP contribution in [0.4, 0.5) is 13.2 Å². The van der Waals surface area contributed by atoms with Gasteiger partial charge in [-0.2, -0.15) is 18.3 Å². The number of unbranched alkanes of at least 4 members (excludes halogenated alkanes) is 1. The van der Waals surface area contributed by atoms with Crippen LogP contribution in [0.1, 0.15) is 57.4 Å². The molecule has 0 spiro atoms. The van der Waals surface area contributed by atoms with Gasteiger partial charge in [0.25, 0.3) is 0 Å². The van der Waals surface area contributed by atoms with Crippen LogP contribution in [0.15, 0.2) is 24.3 Å². The van der Waals surface area contributed by atoms with E-state index in [1.807, 2.05) is 27.7 Å². The molecule has 0 amide bonds. The molecular formula is C18H23F3N2O. The highest BCUT2D eigenvalue weighted by Crippen LogP contribution is 2.35. The second-order valence-corrected chi connectivity index (χ2v) is 6.96. The van der Waals surface area contributed by atoms with Crippen molar-refractivity contribution in [3.8, 4) is 11.6 Å². The monoisotopic (exact) mass is 340 g/mol. The molecule has 0 aliphatic heterocycles. The third-order valence-electron chi connectivity index (χ3n) is 3.87. The van der Waals surface area contributed by atoms with Gasteiger partial charge in [-0.25, -0.2) is 4.68 Å². The molecule has 0 aliphatic carbocycles. The molecule has 132 valence electrons. The zero-order chi connectivity index (χ0) is 18.1. The van der Waals surface area contributed by atoms with Crippen molar-refractivity contribution in [1.82, 2.24) is 9.78 Å². The van der Waals surface area contributed by atoms with Gasteiger partial charge < -0.3 is 5.11 Å². The minimum atomic E-state index is -4.43. The topological polar surface area (TPSA) is 38.0 Å². The maximum Gasteiger partial charge on any atom is 0.416 e. The van der Waals surface area contributed by atoms with Crippen LogP contribution in [-0.4, -0.2) is 14.9 Å². The molecule has 0 saturated heterocycles. The standard InChI is InChI=1S/C18H23F3N2O/c1-5-6-10-14-15(17(2,3)4)22-23(16(14)24)13-9-7-8-12(11-13)18(19,20)21/h7-9,11,24H,5-6,10H2,1-4H3. The lowest BCUT2D eigenvalue weighted by Crippen LogP contribution is -2.15. The van der Waals surface area contributed by atoms with Gasteiger partial charge in [0.2, 0.25) is 5.88 Å². The molecule has 0 atom stereocenters. The van der Waals surface area contributed by atoms with Gasteiger partial charge in [-0.3, -0.25) is 0 Å². The van der Waals surface area contributed by atoms with Crippen molar-refractivity contribution in [2.45, 2.75) is 58.5 Å². The molecule has 0 aliphatic rings. The largest absolute Gasteiger partial charge is 0.493 e. The van der Waals surface area contributed by atoms with Crippen molar-refractivity contribution >= 4 is 0 Å². The average molecular weight is 340 g/mol. The number of hydrogen-bond acceptors (Lipinski definition) is 2. The summed E-state index contributed by atoms with van der Waals surface area (Å²) in [6.45, 7) is 7.97. The molecule has 1 N–H and O–H groups in total. The summed E-state index contributed by atoms with van der Waals surface area (Å²) < 4.78 is 40.0. The molecule has 2 rings (SSSR count). The summed E-state index contributed by atoms with van der Waals surface area (Å²) in [7, 11) is 0. The smallest absolute Gasteiger partial charge is 0.416 e. The third kappa shape index (κ3) is 3.74. The van der Waals surface area contributed by atoms with Gasteiger partial charge in [0.15, 0.2) is 0 Å². The van der Waals surface area contributed by atoms with Crippen molar-refractivity contribution < 1.29 is 18.3 Å². The summed E-state index contributed by atoms with van der Waals surface area (Å²) in [6.07, 6.45) is -1.95. The van der Waals surface area contributed by atoms with Crippen LogP contribution in [-0.2, 0) is 18.0 Å². The molecule has 6 heteroatoms. The third-order valence-corrected chi connectivity index (χ3v) is 3.87. The van der Waals surface area contributed by atoms with Crippen LogP contribution in [0.25, 0.3) is 5.69 Å². The number of benzene rings is 1. The lowest BCUT2D eigenvalue weighted by Gasteiger charge is -2.17. The number of aromatic nitrogens is 2. The van der Waals surface area contributed by atoms with Crippen molar-refractivity contribution in [3.05, 3.63) is 41.1 Å². The molecule has 2 aromatic rings. The number of rotatable bonds is 4. The Balaban J connectivity index is 2.57. The second kappa shape index (κ2) is 6.49. The van der Waals surface area contributed by atoms with Gasteiger partial charge in [0.1, 0.15) is 0 Å². The van der Waals surface area contributed by atoms with E-state index in [0.717, 1.165) is 25.0 Å². The van der Waals surface area contributed by atoms with Crippen molar-refractivity contribution in [3.63, 3.8) is 0 Å². The average Bonchev–Trinajstić information content (AvgIpc) is 2.81. The van der Waals surface area contributed by atoms with Gasteiger partial charge in [-0.05, 0) is 31.0 Å². The summed E-state index contributed by atoms with van der Waals surface area (Å²) in [5.74, 6) is -0.0762. The Hall–Kier alpha value is -1.98. The molecule has 24 heavy (non-hydrogen) atoms. The minimum Gasteiger partial charge on any atom is -0.493 e. The predicted molar refractivity (Wildman–Crippen MR) is 87.5 cm³/mol. The number of aromatic hydroxyl groups is 1. The van der Waals surface area contributed by atoms with Gasteiger partial charge in [-0.15, -0.1) is 0 Å². The molecule has 1 aromatic heterocycles. The molecule has 1 aromatic carbocycles.